The zero-order valence-corrected chi connectivity index (χ0v) is 17.1. The molecule has 1 saturated carbocycles. The van der Waals surface area contributed by atoms with Crippen LogP contribution >= 0.6 is 0 Å². The number of rotatable bonds is 2. The zero-order valence-electron chi connectivity index (χ0n) is 14.8. The largest absolute Gasteiger partial charge is 2.00 e. The van der Waals surface area contributed by atoms with Gasteiger partial charge < -0.3 is 10.6 Å². The SMILES string of the molecule is CN[C@H]1CCCC[C@@H]1NC.[Pt+2].c1cnc2c(c1)ccc1cccnc12. The van der Waals surface area contributed by atoms with Crippen LogP contribution < -0.4 is 10.6 Å². The number of pyridine rings is 2. The minimum Gasteiger partial charge on any atom is -0.315 e. The van der Waals surface area contributed by atoms with Gasteiger partial charge in [0, 0.05) is 35.2 Å². The third-order valence-corrected chi connectivity index (χ3v) is 4.85. The Hall–Kier alpha value is -1.35. The molecular formula is C20H26N4Pt+2. The van der Waals surface area contributed by atoms with Gasteiger partial charge in [0.25, 0.3) is 0 Å². The number of likely N-dealkylation sites (N-methyl/N-ethyl adjacent to an activating group) is 2. The maximum atomic E-state index is 4.35. The summed E-state index contributed by atoms with van der Waals surface area (Å²) in [4.78, 5) is 8.69. The molecule has 0 radical (unpaired) electrons. The van der Waals surface area contributed by atoms with Crippen molar-refractivity contribution in [3.63, 3.8) is 0 Å². The van der Waals surface area contributed by atoms with Gasteiger partial charge in [0.1, 0.15) is 0 Å². The van der Waals surface area contributed by atoms with E-state index in [1.165, 1.54) is 25.7 Å². The molecule has 2 aromatic heterocycles. The van der Waals surface area contributed by atoms with E-state index >= 15 is 0 Å². The molecule has 0 unspecified atom stereocenters. The predicted octanol–water partition coefficient (Wildman–Crippen LogP) is 3.52. The van der Waals surface area contributed by atoms with Gasteiger partial charge in [0.2, 0.25) is 0 Å². The Balaban J connectivity index is 0.000000184. The normalized spacial score (nSPS) is 19.8. The molecular weight excluding hydrogens is 491 g/mol. The van der Waals surface area contributed by atoms with Crippen molar-refractivity contribution in [3.8, 4) is 0 Å². The molecule has 4 rings (SSSR count). The van der Waals surface area contributed by atoms with Gasteiger partial charge >= 0.3 is 21.1 Å². The van der Waals surface area contributed by atoms with Crippen molar-refractivity contribution in [1.29, 1.82) is 0 Å². The summed E-state index contributed by atoms with van der Waals surface area (Å²) in [5, 5.41) is 8.96. The van der Waals surface area contributed by atoms with Crippen LogP contribution in [0.15, 0.2) is 48.8 Å². The van der Waals surface area contributed by atoms with E-state index in [0.717, 1.165) is 21.8 Å². The molecule has 2 N–H and O–H groups in total. The average Bonchev–Trinajstić information content (AvgIpc) is 2.68. The number of hydrogen-bond acceptors (Lipinski definition) is 4. The van der Waals surface area contributed by atoms with Crippen molar-refractivity contribution in [2.75, 3.05) is 14.1 Å². The summed E-state index contributed by atoms with van der Waals surface area (Å²) in [6.07, 6.45) is 9.06. The van der Waals surface area contributed by atoms with Crippen LogP contribution in [0.1, 0.15) is 25.7 Å². The Morgan fingerprint density at radius 1 is 0.760 bits per heavy atom. The average molecular weight is 518 g/mol. The van der Waals surface area contributed by atoms with Crippen LogP contribution in [0.5, 0.6) is 0 Å². The number of aromatic nitrogens is 2. The summed E-state index contributed by atoms with van der Waals surface area (Å²) in [5.41, 5.74) is 1.95. The maximum Gasteiger partial charge on any atom is 2.00 e. The molecule has 1 aliphatic carbocycles. The van der Waals surface area contributed by atoms with Crippen LogP contribution in [-0.4, -0.2) is 36.1 Å². The van der Waals surface area contributed by atoms with Crippen molar-refractivity contribution in [2.45, 2.75) is 37.8 Å². The van der Waals surface area contributed by atoms with E-state index in [0.29, 0.717) is 12.1 Å². The second kappa shape index (κ2) is 9.96. The topological polar surface area (TPSA) is 49.8 Å². The Labute approximate surface area is 164 Å². The molecule has 0 amide bonds. The third-order valence-electron chi connectivity index (χ3n) is 4.85. The summed E-state index contributed by atoms with van der Waals surface area (Å²) < 4.78 is 0. The standard InChI is InChI=1S/C12H8N2.C8H18N2.Pt/c1-3-9-5-6-10-4-2-8-14-12(10)11(9)13-7-1;1-9-7-5-3-4-6-8(7)10-2;/h1-8H;7-10H,3-6H2,1-2H3;/q;;+2/t;7-,8-;/m.0./s1. The van der Waals surface area contributed by atoms with Crippen LogP contribution in [0.4, 0.5) is 0 Å². The molecule has 1 aromatic carbocycles. The van der Waals surface area contributed by atoms with E-state index < -0.39 is 0 Å². The summed E-state index contributed by atoms with van der Waals surface area (Å²) in [6, 6.07) is 13.6. The molecule has 1 fully saturated rings. The molecule has 1 aliphatic rings. The van der Waals surface area contributed by atoms with Gasteiger partial charge in [-0.15, -0.1) is 0 Å². The van der Waals surface area contributed by atoms with Crippen molar-refractivity contribution in [3.05, 3.63) is 48.8 Å². The molecule has 0 spiro atoms. The fraction of sp³-hybridized carbons (Fsp3) is 0.400. The van der Waals surface area contributed by atoms with Crippen LogP contribution in [0.25, 0.3) is 21.8 Å². The number of benzene rings is 1. The first-order chi connectivity index (χ1) is 11.8. The van der Waals surface area contributed by atoms with Crippen molar-refractivity contribution in [2.24, 2.45) is 0 Å². The Morgan fingerprint density at radius 3 is 1.60 bits per heavy atom. The molecule has 25 heavy (non-hydrogen) atoms. The molecule has 3 aromatic rings. The smallest absolute Gasteiger partial charge is 0.315 e. The Morgan fingerprint density at radius 2 is 1.20 bits per heavy atom. The zero-order chi connectivity index (χ0) is 16.8. The van der Waals surface area contributed by atoms with E-state index in [1.807, 2.05) is 12.1 Å². The number of nitrogens with one attached hydrogen (secondary N) is 2. The van der Waals surface area contributed by atoms with Crippen LogP contribution in [0, 0.1) is 0 Å². The third kappa shape index (κ3) is 4.84. The van der Waals surface area contributed by atoms with E-state index in [1.54, 1.807) is 12.4 Å². The van der Waals surface area contributed by atoms with Gasteiger partial charge in [-0.1, -0.05) is 37.1 Å². The number of fused-ring (bicyclic) bond motifs is 3. The maximum absolute atomic E-state index is 4.35. The summed E-state index contributed by atoms with van der Waals surface area (Å²) in [5.74, 6) is 0. The van der Waals surface area contributed by atoms with Crippen molar-refractivity contribution < 1.29 is 21.1 Å². The summed E-state index contributed by atoms with van der Waals surface area (Å²) >= 11 is 0. The van der Waals surface area contributed by atoms with Gasteiger partial charge in [-0.3, -0.25) is 9.97 Å². The quantitative estimate of drug-likeness (QED) is 0.511. The van der Waals surface area contributed by atoms with E-state index in [9.17, 15) is 0 Å². The predicted molar refractivity (Wildman–Crippen MR) is 101 cm³/mol. The number of nitrogens with zero attached hydrogens (tertiary/aromatic N) is 2. The monoisotopic (exact) mass is 517 g/mol. The molecule has 4 nitrogen and oxygen atoms in total. The van der Waals surface area contributed by atoms with Crippen molar-refractivity contribution >= 4 is 21.8 Å². The van der Waals surface area contributed by atoms with Gasteiger partial charge in [-0.25, -0.2) is 0 Å². The van der Waals surface area contributed by atoms with Crippen molar-refractivity contribution in [1.82, 2.24) is 20.6 Å². The first kappa shape index (κ1) is 20.0. The second-order valence-corrected chi connectivity index (χ2v) is 6.29. The molecule has 5 heteroatoms. The molecule has 134 valence electrons. The summed E-state index contributed by atoms with van der Waals surface area (Å²) in [6.45, 7) is 0. The molecule has 0 aliphatic heterocycles. The molecule has 2 heterocycles. The fourth-order valence-electron chi connectivity index (χ4n) is 3.50. The molecule has 0 saturated heterocycles. The number of hydrogen-bond donors (Lipinski definition) is 2. The van der Waals surface area contributed by atoms with Gasteiger partial charge in [-0.2, -0.15) is 0 Å². The van der Waals surface area contributed by atoms with E-state index in [4.69, 9.17) is 0 Å². The van der Waals surface area contributed by atoms with Crippen LogP contribution in [0.2, 0.25) is 0 Å². The van der Waals surface area contributed by atoms with Gasteiger partial charge in [0.15, 0.2) is 0 Å². The van der Waals surface area contributed by atoms with Crippen LogP contribution in [-0.2, 0) is 21.1 Å². The van der Waals surface area contributed by atoms with E-state index in [2.05, 4.69) is 59.0 Å². The van der Waals surface area contributed by atoms with Gasteiger partial charge in [0.05, 0.1) is 11.0 Å². The van der Waals surface area contributed by atoms with E-state index in [-0.39, 0.29) is 21.1 Å². The minimum absolute atomic E-state index is 0. The first-order valence-electron chi connectivity index (χ1n) is 8.76. The second-order valence-electron chi connectivity index (χ2n) is 6.29. The minimum atomic E-state index is 0. The first-order valence-corrected chi connectivity index (χ1v) is 8.76. The van der Waals surface area contributed by atoms with Crippen LogP contribution in [0.3, 0.4) is 0 Å². The molecule has 2 atom stereocenters. The van der Waals surface area contributed by atoms with Gasteiger partial charge in [-0.05, 0) is 39.1 Å². The summed E-state index contributed by atoms with van der Waals surface area (Å²) in [7, 11) is 4.11. The Kier molecular flexibility index (Phi) is 7.95. The fourth-order valence-corrected chi connectivity index (χ4v) is 3.50. The molecule has 0 bridgehead atoms. The Bertz CT molecular complexity index is 726.